The van der Waals surface area contributed by atoms with Crippen molar-refractivity contribution in [3.05, 3.63) is 24.0 Å². The summed E-state index contributed by atoms with van der Waals surface area (Å²) in [7, 11) is 1.59. The summed E-state index contributed by atoms with van der Waals surface area (Å²) in [5.74, 6) is 0.737. The number of methoxy groups -OCH3 is 1. The van der Waals surface area contributed by atoms with Gasteiger partial charge < -0.3 is 10.1 Å². The standard InChI is InChI=1S/C10H14N2O2/c1-3-10(13)12-6-8-4-9(14-2)7-11-5-8/h4-5,7H,3,6H2,1-2H3,(H,12,13). The number of rotatable bonds is 4. The summed E-state index contributed by atoms with van der Waals surface area (Å²) in [6.45, 7) is 2.32. The van der Waals surface area contributed by atoms with E-state index in [1.165, 1.54) is 0 Å². The van der Waals surface area contributed by atoms with Crippen LogP contribution in [-0.2, 0) is 11.3 Å². The zero-order valence-corrected chi connectivity index (χ0v) is 8.41. The van der Waals surface area contributed by atoms with Crippen LogP contribution in [0.3, 0.4) is 0 Å². The molecule has 0 bridgehead atoms. The minimum Gasteiger partial charge on any atom is -0.495 e. The number of hydrogen-bond acceptors (Lipinski definition) is 3. The smallest absolute Gasteiger partial charge is 0.219 e. The molecule has 4 heteroatoms. The molecule has 0 unspecified atom stereocenters. The second-order valence-electron chi connectivity index (χ2n) is 2.86. The molecule has 0 saturated carbocycles. The van der Waals surface area contributed by atoms with Gasteiger partial charge in [0.1, 0.15) is 5.75 Å². The van der Waals surface area contributed by atoms with Crippen LogP contribution >= 0.6 is 0 Å². The number of ether oxygens (including phenoxy) is 1. The minimum absolute atomic E-state index is 0.0350. The van der Waals surface area contributed by atoms with E-state index in [1.807, 2.05) is 13.0 Å². The minimum atomic E-state index is 0.0350. The van der Waals surface area contributed by atoms with Gasteiger partial charge in [-0.15, -0.1) is 0 Å². The summed E-state index contributed by atoms with van der Waals surface area (Å²) in [6.07, 6.45) is 3.83. The molecule has 0 spiro atoms. The van der Waals surface area contributed by atoms with Gasteiger partial charge in [0.15, 0.2) is 0 Å². The Morgan fingerprint density at radius 1 is 1.57 bits per heavy atom. The lowest BCUT2D eigenvalue weighted by molar-refractivity contribution is -0.120. The Bertz CT molecular complexity index is 313. The molecule has 76 valence electrons. The Kier molecular flexibility index (Phi) is 3.91. The second kappa shape index (κ2) is 5.21. The quantitative estimate of drug-likeness (QED) is 0.781. The second-order valence-corrected chi connectivity index (χ2v) is 2.86. The number of amides is 1. The molecule has 0 fully saturated rings. The zero-order valence-electron chi connectivity index (χ0n) is 8.41. The molecular formula is C10H14N2O2. The van der Waals surface area contributed by atoms with E-state index in [2.05, 4.69) is 10.3 Å². The third kappa shape index (κ3) is 3.05. The fraction of sp³-hybridized carbons (Fsp3) is 0.400. The highest BCUT2D eigenvalue weighted by atomic mass is 16.5. The molecule has 0 saturated heterocycles. The van der Waals surface area contributed by atoms with Crippen LogP contribution in [0.1, 0.15) is 18.9 Å². The lowest BCUT2D eigenvalue weighted by Gasteiger charge is -2.04. The first-order valence-electron chi connectivity index (χ1n) is 4.51. The molecule has 0 aliphatic rings. The van der Waals surface area contributed by atoms with Crippen LogP contribution in [0.2, 0.25) is 0 Å². The van der Waals surface area contributed by atoms with Crippen LogP contribution in [0.25, 0.3) is 0 Å². The van der Waals surface area contributed by atoms with Crippen LogP contribution in [0.15, 0.2) is 18.5 Å². The van der Waals surface area contributed by atoms with Gasteiger partial charge in [-0.05, 0) is 11.6 Å². The number of carbonyl (C=O) groups is 1. The van der Waals surface area contributed by atoms with Gasteiger partial charge in [0, 0.05) is 19.2 Å². The maximum Gasteiger partial charge on any atom is 0.219 e. The number of aromatic nitrogens is 1. The van der Waals surface area contributed by atoms with Crippen molar-refractivity contribution in [1.29, 1.82) is 0 Å². The van der Waals surface area contributed by atoms with E-state index < -0.39 is 0 Å². The van der Waals surface area contributed by atoms with E-state index in [4.69, 9.17) is 4.74 Å². The maximum absolute atomic E-state index is 11.0. The fourth-order valence-electron chi connectivity index (χ4n) is 0.998. The lowest BCUT2D eigenvalue weighted by atomic mass is 10.2. The highest BCUT2D eigenvalue weighted by Crippen LogP contribution is 2.09. The Hall–Kier alpha value is -1.58. The van der Waals surface area contributed by atoms with Crippen LogP contribution < -0.4 is 10.1 Å². The van der Waals surface area contributed by atoms with Gasteiger partial charge in [-0.1, -0.05) is 6.92 Å². The van der Waals surface area contributed by atoms with Crippen molar-refractivity contribution in [3.63, 3.8) is 0 Å². The zero-order chi connectivity index (χ0) is 10.4. The molecule has 14 heavy (non-hydrogen) atoms. The summed E-state index contributed by atoms with van der Waals surface area (Å²) in [6, 6.07) is 1.85. The van der Waals surface area contributed by atoms with Crippen LogP contribution in [-0.4, -0.2) is 18.0 Å². The Labute approximate surface area is 83.3 Å². The van der Waals surface area contributed by atoms with Gasteiger partial charge >= 0.3 is 0 Å². The largest absolute Gasteiger partial charge is 0.495 e. The maximum atomic E-state index is 11.0. The van der Waals surface area contributed by atoms with Crippen LogP contribution in [0.5, 0.6) is 5.75 Å². The van der Waals surface area contributed by atoms with Gasteiger partial charge in [-0.2, -0.15) is 0 Å². The molecule has 0 aromatic carbocycles. The molecule has 1 heterocycles. The molecule has 0 aliphatic heterocycles. The normalized spacial score (nSPS) is 9.57. The highest BCUT2D eigenvalue weighted by Gasteiger charge is 1.99. The number of nitrogens with zero attached hydrogens (tertiary/aromatic N) is 1. The SMILES string of the molecule is CCC(=O)NCc1cncc(OC)c1. The molecule has 4 nitrogen and oxygen atoms in total. The van der Waals surface area contributed by atoms with Crippen LogP contribution in [0, 0.1) is 0 Å². The topological polar surface area (TPSA) is 51.2 Å². The average molecular weight is 194 g/mol. The highest BCUT2D eigenvalue weighted by molar-refractivity contribution is 5.75. The Morgan fingerprint density at radius 3 is 3.00 bits per heavy atom. The lowest BCUT2D eigenvalue weighted by Crippen LogP contribution is -2.21. The fourth-order valence-corrected chi connectivity index (χ4v) is 0.998. The summed E-state index contributed by atoms with van der Waals surface area (Å²) in [5, 5.41) is 2.77. The monoisotopic (exact) mass is 194 g/mol. The van der Waals surface area contributed by atoms with E-state index in [1.54, 1.807) is 19.5 Å². The van der Waals surface area contributed by atoms with Crippen molar-refractivity contribution in [2.75, 3.05) is 7.11 Å². The number of hydrogen-bond donors (Lipinski definition) is 1. The van der Waals surface area contributed by atoms with Crippen molar-refractivity contribution >= 4 is 5.91 Å². The number of pyridine rings is 1. The first-order valence-corrected chi connectivity index (χ1v) is 4.51. The third-order valence-electron chi connectivity index (χ3n) is 1.82. The van der Waals surface area contributed by atoms with Crippen LogP contribution in [0.4, 0.5) is 0 Å². The molecule has 0 aliphatic carbocycles. The summed E-state index contributed by atoms with van der Waals surface area (Å²) >= 11 is 0. The predicted molar refractivity (Wildman–Crippen MR) is 52.9 cm³/mol. The summed E-state index contributed by atoms with van der Waals surface area (Å²) in [4.78, 5) is 15.0. The van der Waals surface area contributed by atoms with Gasteiger partial charge in [-0.25, -0.2) is 0 Å². The van der Waals surface area contributed by atoms with Crippen molar-refractivity contribution < 1.29 is 9.53 Å². The van der Waals surface area contributed by atoms with E-state index in [9.17, 15) is 4.79 Å². The van der Waals surface area contributed by atoms with Crippen molar-refractivity contribution in [2.24, 2.45) is 0 Å². The third-order valence-corrected chi connectivity index (χ3v) is 1.82. The Balaban J connectivity index is 2.54. The van der Waals surface area contributed by atoms with E-state index in [0.717, 1.165) is 5.56 Å². The first kappa shape index (κ1) is 10.5. The van der Waals surface area contributed by atoms with Crippen molar-refractivity contribution in [3.8, 4) is 5.75 Å². The summed E-state index contributed by atoms with van der Waals surface area (Å²) in [5.41, 5.74) is 0.936. The van der Waals surface area contributed by atoms with E-state index in [-0.39, 0.29) is 5.91 Å². The molecule has 0 radical (unpaired) electrons. The van der Waals surface area contributed by atoms with Gasteiger partial charge in [-0.3, -0.25) is 9.78 Å². The number of nitrogens with one attached hydrogen (secondary N) is 1. The average Bonchev–Trinajstić information content (AvgIpc) is 2.26. The van der Waals surface area contributed by atoms with Gasteiger partial charge in [0.25, 0.3) is 0 Å². The molecule has 1 amide bonds. The first-order chi connectivity index (χ1) is 6.76. The molecule has 1 aromatic rings. The molecule has 1 aromatic heterocycles. The Morgan fingerprint density at radius 2 is 2.36 bits per heavy atom. The molecule has 1 N–H and O–H groups in total. The molecule has 0 atom stereocenters. The van der Waals surface area contributed by atoms with Gasteiger partial charge in [0.05, 0.1) is 13.3 Å². The van der Waals surface area contributed by atoms with E-state index >= 15 is 0 Å². The predicted octanol–water partition coefficient (Wildman–Crippen LogP) is 1.12. The number of carbonyl (C=O) groups excluding carboxylic acids is 1. The van der Waals surface area contributed by atoms with Crippen molar-refractivity contribution in [1.82, 2.24) is 10.3 Å². The van der Waals surface area contributed by atoms with Gasteiger partial charge in [0.2, 0.25) is 5.91 Å². The van der Waals surface area contributed by atoms with Crippen molar-refractivity contribution in [2.45, 2.75) is 19.9 Å². The molecule has 1 rings (SSSR count). The molecular weight excluding hydrogens is 180 g/mol. The summed E-state index contributed by atoms with van der Waals surface area (Å²) < 4.78 is 5.01. The van der Waals surface area contributed by atoms with E-state index in [0.29, 0.717) is 18.7 Å².